The Kier molecular flexibility index (Phi) is 5.59. The molecule has 2 rings (SSSR count). The summed E-state index contributed by atoms with van der Waals surface area (Å²) in [6.07, 6.45) is 12.4. The molecule has 0 bridgehead atoms. The van der Waals surface area contributed by atoms with E-state index in [0.717, 1.165) is 23.5 Å². The summed E-state index contributed by atoms with van der Waals surface area (Å²) < 4.78 is 0. The van der Waals surface area contributed by atoms with E-state index >= 15 is 0 Å². The van der Waals surface area contributed by atoms with Crippen molar-refractivity contribution in [1.29, 1.82) is 0 Å². The Labute approximate surface area is 114 Å². The van der Waals surface area contributed by atoms with E-state index in [1.807, 2.05) is 0 Å². The number of hydrogen-bond donors (Lipinski definition) is 2. The number of unbranched alkanes of at least 4 members (excludes halogenated alkanes) is 6. The highest BCUT2D eigenvalue weighted by Gasteiger charge is 2.04. The molecule has 0 saturated heterocycles. The van der Waals surface area contributed by atoms with Crippen molar-refractivity contribution >= 4 is 17.0 Å². The van der Waals surface area contributed by atoms with E-state index in [1.165, 1.54) is 44.9 Å². The normalized spacial score (nSPS) is 11.0. The number of nitrogens with zero attached hydrogens (tertiary/aromatic N) is 3. The van der Waals surface area contributed by atoms with Gasteiger partial charge in [0.05, 0.1) is 6.33 Å². The summed E-state index contributed by atoms with van der Waals surface area (Å²) in [5.74, 6) is 0.855. The van der Waals surface area contributed by atoms with E-state index in [9.17, 15) is 0 Å². The van der Waals surface area contributed by atoms with E-state index < -0.39 is 0 Å². The standard InChI is InChI=1S/C14H23N5/c1-2-3-4-5-6-7-8-9-15-13-12-14(17-10-16-12)19-11-18-13/h10-11H,2-9H2,1H3,(H2,15,16,17,18,19). The molecule has 0 atom stereocenters. The summed E-state index contributed by atoms with van der Waals surface area (Å²) in [5.41, 5.74) is 1.61. The van der Waals surface area contributed by atoms with Gasteiger partial charge >= 0.3 is 0 Å². The van der Waals surface area contributed by atoms with Gasteiger partial charge in [-0.25, -0.2) is 15.0 Å². The summed E-state index contributed by atoms with van der Waals surface area (Å²) in [6, 6.07) is 0. The lowest BCUT2D eigenvalue weighted by atomic mass is 10.1. The van der Waals surface area contributed by atoms with Crippen LogP contribution in [0.15, 0.2) is 12.7 Å². The molecular formula is C14H23N5. The Hall–Kier alpha value is -1.65. The van der Waals surface area contributed by atoms with Crippen LogP contribution in [0.4, 0.5) is 5.82 Å². The van der Waals surface area contributed by atoms with Crippen LogP contribution in [0.25, 0.3) is 11.2 Å². The van der Waals surface area contributed by atoms with Gasteiger partial charge in [0, 0.05) is 6.54 Å². The molecule has 0 spiro atoms. The summed E-state index contributed by atoms with van der Waals surface area (Å²) in [5, 5.41) is 3.35. The first-order chi connectivity index (χ1) is 9.42. The summed E-state index contributed by atoms with van der Waals surface area (Å²) in [4.78, 5) is 15.5. The molecule has 2 aromatic rings. The summed E-state index contributed by atoms with van der Waals surface area (Å²) >= 11 is 0. The second kappa shape index (κ2) is 7.71. The molecule has 2 heterocycles. The lowest BCUT2D eigenvalue weighted by Crippen LogP contribution is -2.04. The van der Waals surface area contributed by atoms with Crippen LogP contribution in [-0.2, 0) is 0 Å². The number of anilines is 1. The minimum atomic E-state index is 0.720. The Balaban J connectivity index is 1.64. The average Bonchev–Trinajstić information content (AvgIpc) is 2.91. The second-order valence-electron chi connectivity index (χ2n) is 4.87. The largest absolute Gasteiger partial charge is 0.368 e. The van der Waals surface area contributed by atoms with Gasteiger partial charge in [-0.15, -0.1) is 0 Å². The van der Waals surface area contributed by atoms with Crippen molar-refractivity contribution in [2.75, 3.05) is 11.9 Å². The molecule has 2 N–H and O–H groups in total. The maximum Gasteiger partial charge on any atom is 0.182 e. The third-order valence-electron chi connectivity index (χ3n) is 3.30. The van der Waals surface area contributed by atoms with E-state index in [1.54, 1.807) is 12.7 Å². The SMILES string of the molecule is CCCCCCCCCNc1ncnc2nc[nH]c12. The highest BCUT2D eigenvalue weighted by molar-refractivity contribution is 5.81. The lowest BCUT2D eigenvalue weighted by molar-refractivity contribution is 0.596. The Morgan fingerprint density at radius 3 is 2.63 bits per heavy atom. The first-order valence-electron chi connectivity index (χ1n) is 7.29. The number of H-pyrrole nitrogens is 1. The first-order valence-corrected chi connectivity index (χ1v) is 7.29. The molecule has 5 heteroatoms. The number of rotatable bonds is 9. The van der Waals surface area contributed by atoms with Crippen molar-refractivity contribution in [3.8, 4) is 0 Å². The monoisotopic (exact) mass is 261 g/mol. The van der Waals surface area contributed by atoms with E-state index in [4.69, 9.17) is 0 Å². The van der Waals surface area contributed by atoms with E-state index in [2.05, 4.69) is 32.2 Å². The highest BCUT2D eigenvalue weighted by atomic mass is 15.1. The molecule has 104 valence electrons. The van der Waals surface area contributed by atoms with Crippen molar-refractivity contribution in [3.63, 3.8) is 0 Å². The molecule has 0 aliphatic rings. The minimum absolute atomic E-state index is 0.720. The van der Waals surface area contributed by atoms with Gasteiger partial charge < -0.3 is 10.3 Å². The van der Waals surface area contributed by atoms with Crippen LogP contribution in [0, 0.1) is 0 Å². The van der Waals surface area contributed by atoms with E-state index in [0.29, 0.717) is 0 Å². The number of nitrogens with one attached hydrogen (secondary N) is 2. The zero-order valence-electron chi connectivity index (χ0n) is 11.7. The Bertz CT molecular complexity index is 479. The van der Waals surface area contributed by atoms with Crippen LogP contribution in [0.2, 0.25) is 0 Å². The summed E-state index contributed by atoms with van der Waals surface area (Å²) in [6.45, 7) is 3.21. The molecule has 0 amide bonds. The van der Waals surface area contributed by atoms with Gasteiger partial charge in [-0.05, 0) is 6.42 Å². The van der Waals surface area contributed by atoms with Gasteiger partial charge in [-0.2, -0.15) is 0 Å². The highest BCUT2D eigenvalue weighted by Crippen LogP contribution is 2.14. The van der Waals surface area contributed by atoms with Crippen LogP contribution in [-0.4, -0.2) is 26.5 Å². The van der Waals surface area contributed by atoms with Crippen molar-refractivity contribution in [2.45, 2.75) is 51.9 Å². The van der Waals surface area contributed by atoms with Crippen LogP contribution in [0.5, 0.6) is 0 Å². The predicted octanol–water partition coefficient (Wildman–Crippen LogP) is 3.52. The number of hydrogen-bond acceptors (Lipinski definition) is 4. The fourth-order valence-electron chi connectivity index (χ4n) is 2.19. The number of imidazole rings is 1. The van der Waals surface area contributed by atoms with Crippen molar-refractivity contribution < 1.29 is 0 Å². The maximum atomic E-state index is 4.24. The third kappa shape index (κ3) is 4.19. The molecule has 0 aromatic carbocycles. The van der Waals surface area contributed by atoms with Crippen molar-refractivity contribution in [3.05, 3.63) is 12.7 Å². The van der Waals surface area contributed by atoms with Gasteiger partial charge in [0.1, 0.15) is 11.8 Å². The third-order valence-corrected chi connectivity index (χ3v) is 3.30. The number of aromatic amines is 1. The van der Waals surface area contributed by atoms with Gasteiger partial charge in [-0.1, -0.05) is 45.4 Å². The number of fused-ring (bicyclic) bond motifs is 1. The molecule has 0 aliphatic carbocycles. The van der Waals surface area contributed by atoms with Crippen LogP contribution < -0.4 is 5.32 Å². The first kappa shape index (κ1) is 13.8. The van der Waals surface area contributed by atoms with Gasteiger partial charge in [0.15, 0.2) is 11.5 Å². The maximum absolute atomic E-state index is 4.24. The van der Waals surface area contributed by atoms with E-state index in [-0.39, 0.29) is 0 Å². The molecule has 0 unspecified atom stereocenters. The number of aromatic nitrogens is 4. The molecule has 0 fully saturated rings. The molecule has 2 aromatic heterocycles. The smallest absolute Gasteiger partial charge is 0.182 e. The lowest BCUT2D eigenvalue weighted by Gasteiger charge is -2.05. The fourth-order valence-corrected chi connectivity index (χ4v) is 2.19. The molecular weight excluding hydrogens is 238 g/mol. The average molecular weight is 261 g/mol. The molecule has 19 heavy (non-hydrogen) atoms. The molecule has 0 radical (unpaired) electrons. The van der Waals surface area contributed by atoms with Crippen LogP contribution in [0.3, 0.4) is 0 Å². The molecule has 0 saturated carbocycles. The van der Waals surface area contributed by atoms with Crippen LogP contribution >= 0.6 is 0 Å². The molecule has 5 nitrogen and oxygen atoms in total. The zero-order chi connectivity index (χ0) is 13.3. The topological polar surface area (TPSA) is 66.5 Å². The van der Waals surface area contributed by atoms with Gasteiger partial charge in [0.2, 0.25) is 0 Å². The Morgan fingerprint density at radius 2 is 1.79 bits per heavy atom. The van der Waals surface area contributed by atoms with Gasteiger partial charge in [0.25, 0.3) is 0 Å². The minimum Gasteiger partial charge on any atom is -0.368 e. The predicted molar refractivity (Wildman–Crippen MR) is 78.2 cm³/mol. The Morgan fingerprint density at radius 1 is 1.00 bits per heavy atom. The molecule has 0 aliphatic heterocycles. The quantitative estimate of drug-likeness (QED) is 0.678. The van der Waals surface area contributed by atoms with Crippen molar-refractivity contribution in [2.24, 2.45) is 0 Å². The fraction of sp³-hybridized carbons (Fsp3) is 0.643. The van der Waals surface area contributed by atoms with Crippen molar-refractivity contribution in [1.82, 2.24) is 19.9 Å². The second-order valence-corrected chi connectivity index (χ2v) is 4.87. The van der Waals surface area contributed by atoms with Gasteiger partial charge in [-0.3, -0.25) is 0 Å². The van der Waals surface area contributed by atoms with Crippen LogP contribution in [0.1, 0.15) is 51.9 Å². The zero-order valence-corrected chi connectivity index (χ0v) is 11.7. The summed E-state index contributed by atoms with van der Waals surface area (Å²) in [7, 11) is 0.